The van der Waals surface area contributed by atoms with E-state index >= 15 is 0 Å². The predicted octanol–water partition coefficient (Wildman–Crippen LogP) is 2.64. The summed E-state index contributed by atoms with van der Waals surface area (Å²) >= 11 is 0. The fraction of sp³-hybridized carbons (Fsp3) is 0.750. The molecule has 0 aromatic heterocycles. The second-order valence-corrected chi connectivity index (χ2v) is 5.51. The van der Waals surface area contributed by atoms with Crippen LogP contribution in [-0.2, 0) is 9.59 Å². The average Bonchev–Trinajstić information content (AvgIpc) is 2.36. The lowest BCUT2D eigenvalue weighted by Crippen LogP contribution is -2.38. The molecule has 1 heterocycles. The van der Waals surface area contributed by atoms with E-state index < -0.39 is 0 Å². The van der Waals surface area contributed by atoms with Crippen molar-refractivity contribution in [3.8, 4) is 11.8 Å². The van der Waals surface area contributed by atoms with E-state index in [2.05, 4.69) is 25.7 Å². The van der Waals surface area contributed by atoms with E-state index in [1.807, 2.05) is 0 Å². The molecule has 1 aliphatic rings. The van der Waals surface area contributed by atoms with Crippen molar-refractivity contribution < 1.29 is 9.59 Å². The molecule has 1 amide bonds. The summed E-state index contributed by atoms with van der Waals surface area (Å²) in [6.07, 6.45) is 4.26. The van der Waals surface area contributed by atoms with Crippen LogP contribution in [-0.4, -0.2) is 29.7 Å². The van der Waals surface area contributed by atoms with Gasteiger partial charge in [0.15, 0.2) is 0 Å². The summed E-state index contributed by atoms with van der Waals surface area (Å²) < 4.78 is 0. The second kappa shape index (κ2) is 7.99. The Morgan fingerprint density at radius 1 is 1.32 bits per heavy atom. The molecule has 3 nitrogen and oxygen atoms in total. The Morgan fingerprint density at radius 3 is 2.47 bits per heavy atom. The van der Waals surface area contributed by atoms with Gasteiger partial charge in [-0.25, -0.2) is 0 Å². The Bertz CT molecular complexity index is 370. The SMILES string of the molecule is CCCC(C)C#CC1CCN(C(=O)CC(C)=O)CC1. The van der Waals surface area contributed by atoms with E-state index in [9.17, 15) is 9.59 Å². The van der Waals surface area contributed by atoms with Gasteiger partial charge in [-0.2, -0.15) is 0 Å². The number of piperidine rings is 1. The molecule has 0 aromatic carbocycles. The van der Waals surface area contributed by atoms with Crippen molar-refractivity contribution in [1.82, 2.24) is 4.90 Å². The molecule has 0 spiro atoms. The van der Waals surface area contributed by atoms with Crippen molar-refractivity contribution in [2.45, 2.75) is 52.9 Å². The zero-order chi connectivity index (χ0) is 14.3. The number of ketones is 1. The van der Waals surface area contributed by atoms with Crippen LogP contribution in [0.2, 0.25) is 0 Å². The maximum atomic E-state index is 11.7. The molecule has 1 fully saturated rings. The fourth-order valence-corrected chi connectivity index (χ4v) is 2.36. The first-order valence-corrected chi connectivity index (χ1v) is 7.31. The van der Waals surface area contributed by atoms with E-state index in [0.717, 1.165) is 32.4 Å². The average molecular weight is 263 g/mol. The topological polar surface area (TPSA) is 37.4 Å². The Labute approximate surface area is 116 Å². The van der Waals surface area contributed by atoms with E-state index in [4.69, 9.17) is 0 Å². The standard InChI is InChI=1S/C16H25NO2/c1-4-5-13(2)6-7-15-8-10-17(11-9-15)16(19)12-14(3)18/h13,15H,4-5,8-12H2,1-3H3. The third-order valence-corrected chi connectivity index (χ3v) is 3.50. The number of rotatable bonds is 4. The van der Waals surface area contributed by atoms with Gasteiger partial charge in [-0.05, 0) is 26.2 Å². The highest BCUT2D eigenvalue weighted by Crippen LogP contribution is 2.17. The zero-order valence-electron chi connectivity index (χ0n) is 12.4. The first kappa shape index (κ1) is 15.8. The van der Waals surface area contributed by atoms with Crippen molar-refractivity contribution in [2.24, 2.45) is 11.8 Å². The maximum absolute atomic E-state index is 11.7. The van der Waals surface area contributed by atoms with Crippen LogP contribution in [0.15, 0.2) is 0 Å². The molecule has 1 saturated heterocycles. The molecule has 0 aliphatic carbocycles. The summed E-state index contributed by atoms with van der Waals surface area (Å²) in [6, 6.07) is 0. The fourth-order valence-electron chi connectivity index (χ4n) is 2.36. The maximum Gasteiger partial charge on any atom is 0.230 e. The Morgan fingerprint density at radius 2 is 1.95 bits per heavy atom. The molecule has 0 bridgehead atoms. The third kappa shape index (κ3) is 5.92. The van der Waals surface area contributed by atoms with Crippen LogP contribution in [0.3, 0.4) is 0 Å². The molecule has 1 aliphatic heterocycles. The normalized spacial score (nSPS) is 17.5. The smallest absolute Gasteiger partial charge is 0.230 e. The van der Waals surface area contributed by atoms with Crippen LogP contribution in [0.5, 0.6) is 0 Å². The van der Waals surface area contributed by atoms with Crippen molar-refractivity contribution in [3.63, 3.8) is 0 Å². The van der Waals surface area contributed by atoms with Gasteiger partial charge < -0.3 is 4.90 Å². The van der Waals surface area contributed by atoms with Gasteiger partial charge in [0, 0.05) is 24.9 Å². The quantitative estimate of drug-likeness (QED) is 0.577. The number of nitrogens with zero attached hydrogens (tertiary/aromatic N) is 1. The molecule has 0 N–H and O–H groups in total. The van der Waals surface area contributed by atoms with Crippen LogP contribution in [0.1, 0.15) is 52.9 Å². The van der Waals surface area contributed by atoms with Crippen LogP contribution < -0.4 is 0 Å². The van der Waals surface area contributed by atoms with Gasteiger partial charge in [-0.1, -0.05) is 32.1 Å². The largest absolute Gasteiger partial charge is 0.342 e. The molecule has 106 valence electrons. The van der Waals surface area contributed by atoms with Crippen LogP contribution in [0, 0.1) is 23.7 Å². The van der Waals surface area contributed by atoms with Gasteiger partial charge in [0.2, 0.25) is 5.91 Å². The van der Waals surface area contributed by atoms with E-state index in [0.29, 0.717) is 11.8 Å². The molecule has 0 saturated carbocycles. The summed E-state index contributed by atoms with van der Waals surface area (Å²) in [4.78, 5) is 24.5. The minimum Gasteiger partial charge on any atom is -0.342 e. The number of Topliss-reactive ketones (excluding diaryl/α,β-unsaturated/α-hetero) is 1. The van der Waals surface area contributed by atoms with Crippen LogP contribution in [0.4, 0.5) is 0 Å². The molecule has 0 radical (unpaired) electrons. The highest BCUT2D eigenvalue weighted by atomic mass is 16.2. The van der Waals surface area contributed by atoms with Gasteiger partial charge in [0.25, 0.3) is 0 Å². The highest BCUT2D eigenvalue weighted by Gasteiger charge is 2.22. The second-order valence-electron chi connectivity index (χ2n) is 5.51. The summed E-state index contributed by atoms with van der Waals surface area (Å²) in [7, 11) is 0. The van der Waals surface area contributed by atoms with Gasteiger partial charge in [0.05, 0.1) is 6.42 Å². The first-order valence-electron chi connectivity index (χ1n) is 7.31. The molecule has 19 heavy (non-hydrogen) atoms. The summed E-state index contributed by atoms with van der Waals surface area (Å²) in [5.74, 6) is 7.48. The Balaban J connectivity index is 2.36. The third-order valence-electron chi connectivity index (χ3n) is 3.50. The molecule has 0 aromatic rings. The predicted molar refractivity (Wildman–Crippen MR) is 76.5 cm³/mol. The van der Waals surface area contributed by atoms with Gasteiger partial charge >= 0.3 is 0 Å². The number of hydrogen-bond donors (Lipinski definition) is 0. The van der Waals surface area contributed by atoms with E-state index in [1.54, 1.807) is 4.90 Å². The van der Waals surface area contributed by atoms with E-state index in [-0.39, 0.29) is 18.1 Å². The lowest BCUT2D eigenvalue weighted by Gasteiger charge is -2.29. The summed E-state index contributed by atoms with van der Waals surface area (Å²) in [5, 5.41) is 0. The summed E-state index contributed by atoms with van der Waals surface area (Å²) in [6.45, 7) is 7.30. The molecule has 1 unspecified atom stereocenters. The number of amides is 1. The lowest BCUT2D eigenvalue weighted by molar-refractivity contribution is -0.135. The zero-order valence-corrected chi connectivity index (χ0v) is 12.4. The van der Waals surface area contributed by atoms with Crippen molar-refractivity contribution >= 4 is 11.7 Å². The van der Waals surface area contributed by atoms with Gasteiger partial charge in [-0.3, -0.25) is 9.59 Å². The molecule has 3 heteroatoms. The Hall–Kier alpha value is -1.30. The summed E-state index contributed by atoms with van der Waals surface area (Å²) in [5.41, 5.74) is 0. The lowest BCUT2D eigenvalue weighted by atomic mass is 9.95. The molecule has 1 rings (SSSR count). The highest BCUT2D eigenvalue weighted by molar-refractivity contribution is 5.96. The number of hydrogen-bond acceptors (Lipinski definition) is 2. The number of carbonyl (C=O) groups is 2. The molecular formula is C16H25NO2. The molecule has 1 atom stereocenters. The number of likely N-dealkylation sites (tertiary alicyclic amines) is 1. The minimum absolute atomic E-state index is 0.0294. The van der Waals surface area contributed by atoms with Crippen molar-refractivity contribution in [2.75, 3.05) is 13.1 Å². The first-order chi connectivity index (χ1) is 9.02. The monoisotopic (exact) mass is 263 g/mol. The van der Waals surface area contributed by atoms with Crippen molar-refractivity contribution in [1.29, 1.82) is 0 Å². The van der Waals surface area contributed by atoms with Crippen LogP contribution in [0.25, 0.3) is 0 Å². The minimum atomic E-state index is -0.0553. The van der Waals surface area contributed by atoms with Gasteiger partial charge in [-0.15, -0.1) is 0 Å². The van der Waals surface area contributed by atoms with Crippen molar-refractivity contribution in [3.05, 3.63) is 0 Å². The molecular weight excluding hydrogens is 238 g/mol. The van der Waals surface area contributed by atoms with Crippen LogP contribution >= 0.6 is 0 Å². The Kier molecular flexibility index (Phi) is 6.62. The van der Waals surface area contributed by atoms with Gasteiger partial charge in [0.1, 0.15) is 5.78 Å². The van der Waals surface area contributed by atoms with E-state index in [1.165, 1.54) is 13.3 Å². The number of carbonyl (C=O) groups excluding carboxylic acids is 2.